The van der Waals surface area contributed by atoms with Crippen molar-refractivity contribution in [1.29, 1.82) is 0 Å². The lowest BCUT2D eigenvalue weighted by atomic mass is 10.0. The molecule has 2 aromatic carbocycles. The van der Waals surface area contributed by atoms with Gasteiger partial charge in [-0.05, 0) is 42.8 Å². The first kappa shape index (κ1) is 26.3. The number of nitrogens with zero attached hydrogens (tertiary/aromatic N) is 3. The van der Waals surface area contributed by atoms with Gasteiger partial charge in [-0.1, -0.05) is 29.8 Å². The van der Waals surface area contributed by atoms with Gasteiger partial charge < -0.3 is 5.32 Å². The van der Waals surface area contributed by atoms with Crippen LogP contribution < -0.4 is 11.0 Å². The van der Waals surface area contributed by atoms with Crippen LogP contribution in [0.2, 0.25) is 5.02 Å². The molecular weight excluding hydrogens is 502 g/mol. The lowest BCUT2D eigenvalue weighted by Gasteiger charge is -2.19. The Kier molecular flexibility index (Phi) is 7.63. The van der Waals surface area contributed by atoms with Gasteiger partial charge in [0.05, 0.1) is 18.0 Å². The van der Waals surface area contributed by atoms with Gasteiger partial charge in [0.15, 0.2) is 5.82 Å². The molecule has 1 amide bonds. The molecule has 1 atom stereocenters. The Morgan fingerprint density at radius 1 is 1.06 bits per heavy atom. The fourth-order valence-electron chi connectivity index (χ4n) is 3.31. The molecule has 0 spiro atoms. The third-order valence-corrected chi connectivity index (χ3v) is 5.17. The predicted octanol–water partition coefficient (Wildman–Crippen LogP) is 5.03. The molecule has 1 aromatic heterocycles. The second-order valence-corrected chi connectivity index (χ2v) is 7.93. The molecule has 0 fully saturated rings. The van der Waals surface area contributed by atoms with E-state index in [2.05, 4.69) is 17.3 Å². The summed E-state index contributed by atoms with van der Waals surface area (Å²) in [6.07, 6.45) is -10.6. The van der Waals surface area contributed by atoms with E-state index in [1.54, 1.807) is 0 Å². The summed E-state index contributed by atoms with van der Waals surface area (Å²) >= 11 is 5.83. The molecule has 13 heteroatoms. The molecule has 3 rings (SSSR count). The van der Waals surface area contributed by atoms with Gasteiger partial charge in [-0.2, -0.15) is 26.3 Å². The quantitative estimate of drug-likeness (QED) is 0.445. The first-order valence-electron chi connectivity index (χ1n) is 10.0. The van der Waals surface area contributed by atoms with E-state index in [-0.39, 0.29) is 17.0 Å². The van der Waals surface area contributed by atoms with Gasteiger partial charge in [-0.25, -0.2) is 9.48 Å². The van der Waals surface area contributed by atoms with Crippen molar-refractivity contribution in [3.05, 3.63) is 82.1 Å². The maximum Gasteiger partial charge on any atom is 0.416 e. The lowest BCUT2D eigenvalue weighted by molar-refractivity contribution is -0.139. The third kappa shape index (κ3) is 6.65. The molecule has 0 aliphatic carbocycles. The van der Waals surface area contributed by atoms with Crippen molar-refractivity contribution in [1.82, 2.24) is 19.7 Å². The van der Waals surface area contributed by atoms with Crippen LogP contribution in [-0.2, 0) is 24.1 Å². The number of aromatic nitrogens is 3. The van der Waals surface area contributed by atoms with Crippen LogP contribution >= 0.6 is 11.6 Å². The molecule has 1 N–H and O–H groups in total. The molecule has 1 radical (unpaired) electrons. The summed E-state index contributed by atoms with van der Waals surface area (Å²) in [6.45, 7) is 2.04. The standard InChI is InChI=1S/C22H18ClF6N4O2/c1-13(16-4-2-3-5-17(16)22(27,28)29)30-18(34)12-33-20(35)32(11-10-21(24,25)26)19(31-33)14-6-8-15(23)9-7-14/h2-9,13H,1,10-12H2,(H,30,34). The highest BCUT2D eigenvalue weighted by Crippen LogP contribution is 2.34. The fourth-order valence-corrected chi connectivity index (χ4v) is 3.44. The van der Waals surface area contributed by atoms with Crippen LogP contribution in [0, 0.1) is 6.92 Å². The molecule has 187 valence electrons. The average molecular weight is 520 g/mol. The first-order valence-corrected chi connectivity index (χ1v) is 10.4. The Balaban J connectivity index is 1.86. The Morgan fingerprint density at radius 2 is 1.69 bits per heavy atom. The van der Waals surface area contributed by atoms with Crippen LogP contribution in [0.1, 0.15) is 23.6 Å². The minimum atomic E-state index is -4.68. The highest BCUT2D eigenvalue weighted by molar-refractivity contribution is 6.30. The van der Waals surface area contributed by atoms with E-state index in [0.717, 1.165) is 16.7 Å². The molecule has 35 heavy (non-hydrogen) atoms. The molecule has 3 aromatic rings. The summed E-state index contributed by atoms with van der Waals surface area (Å²) in [6, 6.07) is 8.99. The van der Waals surface area contributed by atoms with E-state index >= 15 is 0 Å². The Hall–Kier alpha value is -3.28. The summed E-state index contributed by atoms with van der Waals surface area (Å²) in [4.78, 5) is 25.2. The van der Waals surface area contributed by atoms with Crippen LogP contribution in [0.15, 0.2) is 53.3 Å². The maximum atomic E-state index is 13.2. The Labute approximate surface area is 200 Å². The van der Waals surface area contributed by atoms with Gasteiger partial charge in [-0.15, -0.1) is 5.10 Å². The van der Waals surface area contributed by atoms with Crippen molar-refractivity contribution in [2.75, 3.05) is 0 Å². The van der Waals surface area contributed by atoms with E-state index in [1.165, 1.54) is 36.4 Å². The molecule has 1 unspecified atom stereocenters. The predicted molar refractivity (Wildman–Crippen MR) is 115 cm³/mol. The molecule has 0 aliphatic rings. The number of alkyl halides is 6. The monoisotopic (exact) mass is 519 g/mol. The fraction of sp³-hybridized carbons (Fsp3) is 0.273. The molecule has 0 aliphatic heterocycles. The topological polar surface area (TPSA) is 68.9 Å². The van der Waals surface area contributed by atoms with Gasteiger partial charge in [-0.3, -0.25) is 9.36 Å². The highest BCUT2D eigenvalue weighted by atomic mass is 35.5. The van der Waals surface area contributed by atoms with Gasteiger partial charge in [0.2, 0.25) is 5.91 Å². The number of nitrogens with one attached hydrogen (secondary N) is 1. The largest absolute Gasteiger partial charge is 0.416 e. The van der Waals surface area contributed by atoms with E-state index in [4.69, 9.17) is 11.6 Å². The number of amides is 1. The highest BCUT2D eigenvalue weighted by Gasteiger charge is 2.34. The average Bonchev–Trinajstić information content (AvgIpc) is 3.06. The minimum absolute atomic E-state index is 0.127. The number of hydrogen-bond donors (Lipinski definition) is 1. The van der Waals surface area contributed by atoms with Gasteiger partial charge in [0.25, 0.3) is 0 Å². The molecular formula is C22H18ClF6N4O2. The Bertz CT molecular complexity index is 1250. The van der Waals surface area contributed by atoms with E-state index in [9.17, 15) is 35.9 Å². The summed E-state index contributed by atoms with van der Waals surface area (Å²) < 4.78 is 79.5. The zero-order chi connectivity index (χ0) is 26.0. The summed E-state index contributed by atoms with van der Waals surface area (Å²) in [5.41, 5.74) is -2.00. The van der Waals surface area contributed by atoms with Crippen LogP contribution in [0.5, 0.6) is 0 Å². The maximum absolute atomic E-state index is 13.2. The third-order valence-electron chi connectivity index (χ3n) is 4.91. The van der Waals surface area contributed by atoms with E-state index < -0.39 is 55.1 Å². The second kappa shape index (κ2) is 10.1. The van der Waals surface area contributed by atoms with Crippen molar-refractivity contribution in [2.45, 2.75) is 37.9 Å². The molecule has 0 saturated carbocycles. The van der Waals surface area contributed by atoms with Crippen LogP contribution in [0.25, 0.3) is 11.4 Å². The molecule has 0 saturated heterocycles. The zero-order valence-electron chi connectivity index (χ0n) is 17.8. The van der Waals surface area contributed by atoms with Crippen molar-refractivity contribution in [3.63, 3.8) is 0 Å². The van der Waals surface area contributed by atoms with Crippen molar-refractivity contribution in [2.24, 2.45) is 0 Å². The molecule has 0 bridgehead atoms. The summed E-state index contributed by atoms with van der Waals surface area (Å²) in [5, 5.41) is 6.59. The van der Waals surface area contributed by atoms with Crippen LogP contribution in [0.3, 0.4) is 0 Å². The number of halogens is 7. The lowest BCUT2D eigenvalue weighted by Crippen LogP contribution is -2.35. The van der Waals surface area contributed by atoms with E-state index in [0.29, 0.717) is 9.70 Å². The number of carbonyl (C=O) groups excluding carboxylic acids is 1. The van der Waals surface area contributed by atoms with Gasteiger partial charge in [0.1, 0.15) is 6.54 Å². The van der Waals surface area contributed by atoms with Gasteiger partial charge in [0, 0.05) is 17.1 Å². The SMILES string of the molecule is [CH2]C(NC(=O)Cn1nc(-c2ccc(Cl)cc2)n(CCC(F)(F)F)c1=O)c1ccccc1C(F)(F)F. The zero-order valence-corrected chi connectivity index (χ0v) is 18.6. The second-order valence-electron chi connectivity index (χ2n) is 7.49. The van der Waals surface area contributed by atoms with Crippen molar-refractivity contribution < 1.29 is 31.1 Å². The number of rotatable bonds is 7. The number of benzene rings is 2. The first-order chi connectivity index (χ1) is 16.3. The summed E-state index contributed by atoms with van der Waals surface area (Å²) in [5.74, 6) is -1.04. The molecule has 1 heterocycles. The normalized spacial score (nSPS) is 13.0. The van der Waals surface area contributed by atoms with E-state index in [1.807, 2.05) is 0 Å². The Morgan fingerprint density at radius 3 is 2.29 bits per heavy atom. The van der Waals surface area contributed by atoms with Crippen LogP contribution in [-0.4, -0.2) is 26.4 Å². The smallest absolute Gasteiger partial charge is 0.348 e. The van der Waals surface area contributed by atoms with Crippen LogP contribution in [0.4, 0.5) is 26.3 Å². The van der Waals surface area contributed by atoms with Crippen molar-refractivity contribution in [3.8, 4) is 11.4 Å². The van der Waals surface area contributed by atoms with Gasteiger partial charge >= 0.3 is 18.0 Å². The van der Waals surface area contributed by atoms with Crippen molar-refractivity contribution >= 4 is 17.5 Å². The summed E-state index contributed by atoms with van der Waals surface area (Å²) in [7, 11) is 0. The molecule has 6 nitrogen and oxygen atoms in total. The number of carbonyl (C=O) groups is 1. The minimum Gasteiger partial charge on any atom is -0.348 e. The number of hydrogen-bond acceptors (Lipinski definition) is 3.